The number of carbonyl (C=O) groups is 3. The highest BCUT2D eigenvalue weighted by atomic mass is 32.2. The number of ether oxygens (including phenoxy) is 3. The fourth-order valence-electron chi connectivity index (χ4n) is 3.66. The van der Waals surface area contributed by atoms with E-state index in [2.05, 4.69) is 0 Å². The average Bonchev–Trinajstić information content (AvgIpc) is 3.23. The van der Waals surface area contributed by atoms with Gasteiger partial charge in [0, 0.05) is 5.56 Å². The Kier molecular flexibility index (Phi) is 8.60. The second-order valence-corrected chi connectivity index (χ2v) is 8.93. The number of para-hydroxylation sites is 1. The summed E-state index contributed by atoms with van der Waals surface area (Å²) in [6.45, 7) is 4.04. The van der Waals surface area contributed by atoms with Gasteiger partial charge in [-0.1, -0.05) is 18.2 Å². The molecule has 0 bridgehead atoms. The lowest BCUT2D eigenvalue weighted by molar-refractivity contribution is -0.113. The van der Waals surface area contributed by atoms with E-state index in [-0.39, 0.29) is 19.1 Å². The zero-order valence-corrected chi connectivity index (χ0v) is 22.0. The lowest BCUT2D eigenvalue weighted by Gasteiger charge is -2.16. The van der Waals surface area contributed by atoms with Crippen LogP contribution in [0.5, 0.6) is 5.75 Å². The Morgan fingerprint density at radius 2 is 1.45 bits per heavy atom. The van der Waals surface area contributed by atoms with Crippen molar-refractivity contribution in [3.63, 3.8) is 0 Å². The predicted molar refractivity (Wildman–Crippen MR) is 148 cm³/mol. The summed E-state index contributed by atoms with van der Waals surface area (Å²) in [6, 6.07) is 20.6. The molecule has 1 aliphatic heterocycles. The summed E-state index contributed by atoms with van der Waals surface area (Å²) < 4.78 is 15.5. The largest absolute Gasteiger partial charge is 0.496 e. The van der Waals surface area contributed by atoms with Crippen LogP contribution in [-0.4, -0.2) is 43.3 Å². The molecule has 0 saturated carbocycles. The number of methoxy groups -OCH3 is 1. The fourth-order valence-corrected chi connectivity index (χ4v) is 4.65. The third kappa shape index (κ3) is 5.95. The van der Waals surface area contributed by atoms with Crippen LogP contribution in [0.2, 0.25) is 0 Å². The van der Waals surface area contributed by atoms with Crippen molar-refractivity contribution >= 4 is 52.2 Å². The zero-order valence-electron chi connectivity index (χ0n) is 21.2. The van der Waals surface area contributed by atoms with Crippen molar-refractivity contribution in [3.8, 4) is 5.75 Å². The molecule has 0 aliphatic carbocycles. The topological polar surface area (TPSA) is 94.5 Å². The van der Waals surface area contributed by atoms with Crippen molar-refractivity contribution in [1.82, 2.24) is 0 Å². The number of amidine groups is 1. The van der Waals surface area contributed by atoms with Gasteiger partial charge in [-0.2, -0.15) is 0 Å². The minimum Gasteiger partial charge on any atom is -0.496 e. The minimum absolute atomic E-state index is 0.269. The quantitative estimate of drug-likeness (QED) is 0.266. The Morgan fingerprint density at radius 3 is 2.03 bits per heavy atom. The summed E-state index contributed by atoms with van der Waals surface area (Å²) >= 11 is 1.22. The van der Waals surface area contributed by atoms with Crippen molar-refractivity contribution in [2.45, 2.75) is 13.8 Å². The molecule has 0 radical (unpaired) electrons. The number of thioether (sulfide) groups is 1. The summed E-state index contributed by atoms with van der Waals surface area (Å²) in [5, 5.41) is 0.420. The fraction of sp³-hybridized carbons (Fsp3) is 0.172. The standard InChI is InChI=1S/C29H26N2O6S/c1-4-36-27(33)19-10-14-22(15-11-19)30-29-31(23-16-12-20(13-17-23)28(34)37-5-2)26(32)25(38-29)18-21-8-6-7-9-24(21)35-3/h6-18H,4-5H2,1-3H3/b25-18-,30-29?. The number of hydrogen-bond donors (Lipinski definition) is 0. The number of nitrogens with zero attached hydrogens (tertiary/aromatic N) is 2. The Balaban J connectivity index is 1.72. The lowest BCUT2D eigenvalue weighted by atomic mass is 10.1. The molecular weight excluding hydrogens is 504 g/mol. The normalized spacial score (nSPS) is 15.1. The molecule has 0 aromatic heterocycles. The number of benzene rings is 3. The first kappa shape index (κ1) is 26.7. The molecule has 194 valence electrons. The number of esters is 2. The molecule has 8 nitrogen and oxygen atoms in total. The second-order valence-electron chi connectivity index (χ2n) is 7.92. The number of carbonyl (C=O) groups excluding carboxylic acids is 3. The average molecular weight is 531 g/mol. The first-order chi connectivity index (χ1) is 18.4. The van der Waals surface area contributed by atoms with Crippen LogP contribution in [0.25, 0.3) is 6.08 Å². The number of anilines is 1. The first-order valence-electron chi connectivity index (χ1n) is 11.9. The smallest absolute Gasteiger partial charge is 0.338 e. The molecule has 38 heavy (non-hydrogen) atoms. The summed E-state index contributed by atoms with van der Waals surface area (Å²) in [5.41, 5.74) is 2.64. The number of aliphatic imine (C=N–C) groups is 1. The SMILES string of the molecule is CCOC(=O)c1ccc(N=C2S/C(=C\c3ccccc3OC)C(=O)N2c2ccc(C(=O)OCC)cc2)cc1. The van der Waals surface area contributed by atoms with Crippen LogP contribution in [0.15, 0.2) is 82.7 Å². The maximum atomic E-state index is 13.6. The monoisotopic (exact) mass is 530 g/mol. The predicted octanol–water partition coefficient (Wildman–Crippen LogP) is 5.86. The highest BCUT2D eigenvalue weighted by Gasteiger charge is 2.35. The van der Waals surface area contributed by atoms with E-state index in [9.17, 15) is 14.4 Å². The molecular formula is C29H26N2O6S. The summed E-state index contributed by atoms with van der Waals surface area (Å²) in [7, 11) is 1.57. The van der Waals surface area contributed by atoms with Crippen LogP contribution < -0.4 is 9.64 Å². The van der Waals surface area contributed by atoms with E-state index in [0.717, 1.165) is 5.56 Å². The van der Waals surface area contributed by atoms with Gasteiger partial charge in [-0.15, -0.1) is 0 Å². The van der Waals surface area contributed by atoms with Gasteiger partial charge >= 0.3 is 11.9 Å². The van der Waals surface area contributed by atoms with E-state index in [1.807, 2.05) is 24.3 Å². The molecule has 1 fully saturated rings. The third-order valence-corrected chi connectivity index (χ3v) is 6.44. The van der Waals surface area contributed by atoms with Gasteiger partial charge in [0.25, 0.3) is 5.91 Å². The molecule has 0 N–H and O–H groups in total. The van der Waals surface area contributed by atoms with Crippen LogP contribution in [0, 0.1) is 0 Å². The Morgan fingerprint density at radius 1 is 0.868 bits per heavy atom. The van der Waals surface area contributed by atoms with Crippen molar-refractivity contribution in [3.05, 3.63) is 94.4 Å². The van der Waals surface area contributed by atoms with Crippen LogP contribution in [0.1, 0.15) is 40.1 Å². The Labute approximate surface area is 224 Å². The molecule has 3 aromatic rings. The molecule has 4 rings (SSSR count). The van der Waals surface area contributed by atoms with Crippen LogP contribution >= 0.6 is 11.8 Å². The maximum absolute atomic E-state index is 13.6. The lowest BCUT2D eigenvalue weighted by Crippen LogP contribution is -2.28. The zero-order chi connectivity index (χ0) is 27.1. The van der Waals surface area contributed by atoms with Crippen LogP contribution in [-0.2, 0) is 14.3 Å². The van der Waals surface area contributed by atoms with Gasteiger partial charge in [0.15, 0.2) is 5.17 Å². The van der Waals surface area contributed by atoms with E-state index in [4.69, 9.17) is 19.2 Å². The van der Waals surface area contributed by atoms with E-state index in [1.165, 1.54) is 16.7 Å². The maximum Gasteiger partial charge on any atom is 0.338 e. The van der Waals surface area contributed by atoms with Crippen molar-refractivity contribution in [1.29, 1.82) is 0 Å². The number of rotatable bonds is 8. The van der Waals surface area contributed by atoms with Gasteiger partial charge in [-0.05, 0) is 86.3 Å². The second kappa shape index (κ2) is 12.2. The van der Waals surface area contributed by atoms with Crippen molar-refractivity contribution in [2.75, 3.05) is 25.2 Å². The molecule has 0 unspecified atom stereocenters. The third-order valence-electron chi connectivity index (χ3n) is 5.47. The molecule has 1 heterocycles. The molecule has 1 saturated heterocycles. The molecule has 1 amide bonds. The molecule has 0 atom stereocenters. The van der Waals surface area contributed by atoms with E-state index < -0.39 is 11.9 Å². The van der Waals surface area contributed by atoms with E-state index in [1.54, 1.807) is 75.6 Å². The number of hydrogen-bond acceptors (Lipinski definition) is 8. The van der Waals surface area contributed by atoms with Gasteiger partial charge in [0.1, 0.15) is 5.75 Å². The van der Waals surface area contributed by atoms with Crippen molar-refractivity contribution < 1.29 is 28.6 Å². The highest BCUT2D eigenvalue weighted by Crippen LogP contribution is 2.38. The van der Waals surface area contributed by atoms with Gasteiger partial charge in [-0.3, -0.25) is 9.69 Å². The molecule has 3 aromatic carbocycles. The van der Waals surface area contributed by atoms with Gasteiger partial charge in [-0.25, -0.2) is 14.6 Å². The first-order valence-corrected chi connectivity index (χ1v) is 12.8. The minimum atomic E-state index is -0.437. The van der Waals surface area contributed by atoms with Crippen molar-refractivity contribution in [2.24, 2.45) is 4.99 Å². The van der Waals surface area contributed by atoms with E-state index in [0.29, 0.717) is 38.3 Å². The van der Waals surface area contributed by atoms with Crippen LogP contribution in [0.4, 0.5) is 11.4 Å². The summed E-state index contributed by atoms with van der Waals surface area (Å²) in [5.74, 6) is -0.485. The Bertz CT molecular complexity index is 1400. The van der Waals surface area contributed by atoms with E-state index >= 15 is 0 Å². The van der Waals surface area contributed by atoms with Gasteiger partial charge < -0.3 is 14.2 Å². The molecule has 1 aliphatic rings. The molecule has 0 spiro atoms. The van der Waals surface area contributed by atoms with Gasteiger partial charge in [0.2, 0.25) is 0 Å². The summed E-state index contributed by atoms with van der Waals surface area (Å²) in [6.07, 6.45) is 1.76. The highest BCUT2D eigenvalue weighted by molar-refractivity contribution is 8.19. The van der Waals surface area contributed by atoms with Crippen LogP contribution in [0.3, 0.4) is 0 Å². The summed E-state index contributed by atoms with van der Waals surface area (Å²) in [4.78, 5) is 44.3. The Hall–Kier alpha value is -4.37. The molecule has 9 heteroatoms. The number of amides is 1. The van der Waals surface area contributed by atoms with Gasteiger partial charge in [0.05, 0.1) is 47.7 Å².